The summed E-state index contributed by atoms with van der Waals surface area (Å²) in [6.45, 7) is 3.68. The average molecular weight is 839 g/mol. The number of unbranched alkanes of at least 4 members (excludes halogenated alkanes) is 29. The molecule has 0 spiro atoms. The topological polar surface area (TPSA) is 119 Å². The minimum Gasteiger partial charge on any atom is -0.462 e. The van der Waals surface area contributed by atoms with E-state index < -0.39 is 32.5 Å². The van der Waals surface area contributed by atoms with Crippen LogP contribution < -0.4 is 0 Å². The Labute approximate surface area is 357 Å². The van der Waals surface area contributed by atoms with Gasteiger partial charge >= 0.3 is 19.8 Å². The molecule has 0 aliphatic carbocycles. The van der Waals surface area contributed by atoms with Crippen LogP contribution in [0.2, 0.25) is 0 Å². The molecule has 2 N–H and O–H groups in total. The third kappa shape index (κ3) is 47.0. The van der Waals surface area contributed by atoms with Crippen molar-refractivity contribution in [2.24, 2.45) is 0 Å². The molecule has 0 radical (unpaired) electrons. The van der Waals surface area contributed by atoms with Crippen molar-refractivity contribution in [3.63, 3.8) is 0 Å². The van der Waals surface area contributed by atoms with Crippen molar-refractivity contribution < 1.29 is 37.9 Å². The molecule has 58 heavy (non-hydrogen) atoms. The molecule has 0 rings (SSSR count). The van der Waals surface area contributed by atoms with E-state index in [0.717, 1.165) is 70.6 Å². The molecule has 0 heterocycles. The zero-order valence-electron chi connectivity index (χ0n) is 37.7. The van der Waals surface area contributed by atoms with E-state index in [9.17, 15) is 14.2 Å². The maximum atomic E-state index is 12.5. The van der Waals surface area contributed by atoms with Crippen LogP contribution in [0.25, 0.3) is 0 Å². The van der Waals surface area contributed by atoms with Crippen molar-refractivity contribution in [1.82, 2.24) is 0 Å². The first-order valence-corrected chi connectivity index (χ1v) is 25.8. The number of carbonyl (C=O) groups is 2. The zero-order valence-corrected chi connectivity index (χ0v) is 38.6. The second kappa shape index (κ2) is 44.8. The van der Waals surface area contributed by atoms with E-state index >= 15 is 0 Å². The van der Waals surface area contributed by atoms with Crippen LogP contribution in [0.1, 0.15) is 245 Å². The molecular weight excluding hydrogens is 748 g/mol. The molecule has 9 heteroatoms. The predicted molar refractivity (Wildman–Crippen MR) is 244 cm³/mol. The number of carbonyl (C=O) groups excluding carboxylic acids is 2. The normalized spacial score (nSPS) is 12.7. The van der Waals surface area contributed by atoms with Gasteiger partial charge in [0.05, 0.1) is 6.61 Å². The second-order valence-electron chi connectivity index (χ2n) is 16.4. The Morgan fingerprint density at radius 1 is 0.448 bits per heavy atom. The molecule has 340 valence electrons. The van der Waals surface area contributed by atoms with E-state index in [1.54, 1.807) is 0 Å². The molecule has 0 aromatic carbocycles. The van der Waals surface area contributed by atoms with Crippen LogP contribution >= 0.6 is 7.82 Å². The average Bonchev–Trinajstić information content (AvgIpc) is 3.20. The van der Waals surface area contributed by atoms with Gasteiger partial charge in [-0.3, -0.25) is 14.1 Å². The van der Waals surface area contributed by atoms with Gasteiger partial charge in [0.25, 0.3) is 0 Å². The Morgan fingerprint density at radius 3 is 1.19 bits per heavy atom. The van der Waals surface area contributed by atoms with Gasteiger partial charge in [-0.1, -0.05) is 217 Å². The van der Waals surface area contributed by atoms with E-state index in [2.05, 4.69) is 54.8 Å². The molecule has 0 bridgehead atoms. The summed E-state index contributed by atoms with van der Waals surface area (Å²) in [5.74, 6) is -0.888. The van der Waals surface area contributed by atoms with Crippen LogP contribution in [-0.2, 0) is 28.2 Å². The molecule has 0 saturated carbocycles. The van der Waals surface area contributed by atoms with Gasteiger partial charge in [-0.25, -0.2) is 4.57 Å². The van der Waals surface area contributed by atoms with Crippen LogP contribution in [0, 0.1) is 0 Å². The molecule has 1 atom stereocenters. The third-order valence-electron chi connectivity index (χ3n) is 10.7. The van der Waals surface area contributed by atoms with Gasteiger partial charge in [-0.05, 0) is 51.4 Å². The van der Waals surface area contributed by atoms with Crippen molar-refractivity contribution in [1.29, 1.82) is 0 Å². The third-order valence-corrected chi connectivity index (χ3v) is 11.1. The number of ether oxygens (including phenoxy) is 2. The fourth-order valence-corrected chi connectivity index (χ4v) is 7.39. The van der Waals surface area contributed by atoms with Crippen LogP contribution in [0.3, 0.4) is 0 Å². The second-order valence-corrected chi connectivity index (χ2v) is 17.7. The first-order valence-electron chi connectivity index (χ1n) is 24.3. The fourth-order valence-electron chi connectivity index (χ4n) is 7.03. The molecule has 0 aliphatic rings. The lowest BCUT2D eigenvalue weighted by Crippen LogP contribution is -2.29. The molecule has 0 fully saturated rings. The Morgan fingerprint density at radius 2 is 0.776 bits per heavy atom. The van der Waals surface area contributed by atoms with Gasteiger partial charge in [0.15, 0.2) is 6.10 Å². The number of rotatable bonds is 45. The molecule has 0 aromatic heterocycles. The molecule has 0 amide bonds. The van der Waals surface area contributed by atoms with Crippen LogP contribution in [-0.4, -0.2) is 41.0 Å². The van der Waals surface area contributed by atoms with E-state index in [4.69, 9.17) is 19.3 Å². The Hall–Kier alpha value is -1.73. The summed E-state index contributed by atoms with van der Waals surface area (Å²) in [6.07, 6.45) is 54.4. The summed E-state index contributed by atoms with van der Waals surface area (Å²) >= 11 is 0. The maximum absolute atomic E-state index is 12.5. The highest BCUT2D eigenvalue weighted by Crippen LogP contribution is 2.36. The van der Waals surface area contributed by atoms with Gasteiger partial charge in [-0.2, -0.15) is 0 Å². The molecule has 0 aromatic rings. The zero-order chi connectivity index (χ0) is 42.5. The highest BCUT2D eigenvalue weighted by molar-refractivity contribution is 7.46. The van der Waals surface area contributed by atoms with Crippen molar-refractivity contribution in [3.05, 3.63) is 36.5 Å². The SMILES string of the molecule is CCCCC/C=C\C/C=C\C/C=C\CCCCCCCCC(=O)OC(COC(=O)CCCCCCCCCCCCCCCCCCCCCCC)COP(=O)(O)O. The molecule has 0 aliphatic heterocycles. The summed E-state index contributed by atoms with van der Waals surface area (Å²) in [7, 11) is -4.76. The smallest absolute Gasteiger partial charge is 0.462 e. The highest BCUT2D eigenvalue weighted by atomic mass is 31.2. The van der Waals surface area contributed by atoms with Gasteiger partial charge in [0.2, 0.25) is 0 Å². The Kier molecular flexibility index (Phi) is 43.5. The van der Waals surface area contributed by atoms with E-state index in [0.29, 0.717) is 6.42 Å². The molecule has 1 unspecified atom stereocenters. The summed E-state index contributed by atoms with van der Waals surface area (Å²) in [4.78, 5) is 43.0. The number of hydrogen-bond donors (Lipinski definition) is 2. The highest BCUT2D eigenvalue weighted by Gasteiger charge is 2.23. The van der Waals surface area contributed by atoms with E-state index in [1.165, 1.54) is 141 Å². The number of phosphoric ester groups is 1. The standard InChI is InChI=1S/C49H91O8P/c1-3-5-7-9-11-13-15-17-19-21-23-24-26-27-29-31-33-35-37-39-41-43-48(50)55-45-47(46-56-58(52,53)54)57-49(51)44-42-40-38-36-34-32-30-28-25-22-20-18-16-14-12-10-8-6-4-2/h12,14,18,20,25,28,47H,3-11,13,15-17,19,21-24,26-27,29-46H2,1-2H3,(H2,52,53,54)/b14-12-,20-18-,28-25-. The quantitative estimate of drug-likeness (QED) is 0.0269. The van der Waals surface area contributed by atoms with Gasteiger partial charge in [-0.15, -0.1) is 0 Å². The largest absolute Gasteiger partial charge is 0.469 e. The monoisotopic (exact) mass is 839 g/mol. The summed E-state index contributed by atoms with van der Waals surface area (Å²) < 4.78 is 26.5. The maximum Gasteiger partial charge on any atom is 0.469 e. The van der Waals surface area contributed by atoms with Gasteiger partial charge in [0, 0.05) is 12.8 Å². The minimum atomic E-state index is -4.76. The van der Waals surface area contributed by atoms with Crippen LogP contribution in [0.15, 0.2) is 36.5 Å². The van der Waals surface area contributed by atoms with Crippen LogP contribution in [0.5, 0.6) is 0 Å². The minimum absolute atomic E-state index is 0.199. The first kappa shape index (κ1) is 56.3. The van der Waals surface area contributed by atoms with Gasteiger partial charge in [0.1, 0.15) is 6.61 Å². The lowest BCUT2D eigenvalue weighted by atomic mass is 10.0. The number of allylic oxidation sites excluding steroid dienone is 6. The van der Waals surface area contributed by atoms with E-state index in [-0.39, 0.29) is 19.4 Å². The van der Waals surface area contributed by atoms with Crippen molar-refractivity contribution in [3.8, 4) is 0 Å². The Bertz CT molecular complexity index is 1040. The summed E-state index contributed by atoms with van der Waals surface area (Å²) in [6, 6.07) is 0. The Balaban J connectivity index is 3.84. The summed E-state index contributed by atoms with van der Waals surface area (Å²) in [5, 5.41) is 0. The van der Waals surface area contributed by atoms with Gasteiger partial charge < -0.3 is 19.3 Å². The molecule has 0 saturated heterocycles. The first-order chi connectivity index (χ1) is 28.3. The van der Waals surface area contributed by atoms with Crippen LogP contribution in [0.4, 0.5) is 0 Å². The number of hydrogen-bond acceptors (Lipinski definition) is 6. The van der Waals surface area contributed by atoms with Crippen molar-refractivity contribution in [2.45, 2.75) is 251 Å². The lowest BCUT2D eigenvalue weighted by molar-refractivity contribution is -0.161. The number of phosphoric acid groups is 1. The molecular formula is C49H91O8P. The number of esters is 2. The predicted octanol–water partition coefficient (Wildman–Crippen LogP) is 15.3. The molecule has 8 nitrogen and oxygen atoms in total. The summed E-state index contributed by atoms with van der Waals surface area (Å²) in [5.41, 5.74) is 0. The van der Waals surface area contributed by atoms with Crippen molar-refractivity contribution in [2.75, 3.05) is 13.2 Å². The van der Waals surface area contributed by atoms with Crippen molar-refractivity contribution >= 4 is 19.8 Å². The fraction of sp³-hybridized carbons (Fsp3) is 0.837. The lowest BCUT2D eigenvalue weighted by Gasteiger charge is -2.18. The van der Waals surface area contributed by atoms with E-state index in [1.807, 2.05) is 0 Å².